The van der Waals surface area contributed by atoms with Crippen LogP contribution in [-0.4, -0.2) is 18.3 Å². The largest absolute Gasteiger partial charge is 0.396 e. The highest BCUT2D eigenvalue weighted by atomic mass is 35.5. The Labute approximate surface area is 77.2 Å². The Morgan fingerprint density at radius 1 is 1.33 bits per heavy atom. The topological polar surface area (TPSA) is 32.3 Å². The zero-order valence-electron chi connectivity index (χ0n) is 6.76. The molecular weight excluding hydrogens is 174 g/mol. The van der Waals surface area contributed by atoms with Crippen LogP contribution in [0.5, 0.6) is 0 Å². The van der Waals surface area contributed by atoms with Crippen LogP contribution >= 0.6 is 11.6 Å². The number of aliphatic hydroxyl groups excluding tert-OH is 1. The number of benzene rings is 1. The Kier molecular flexibility index (Phi) is 3.91. The summed E-state index contributed by atoms with van der Waals surface area (Å²) < 4.78 is 0. The lowest BCUT2D eigenvalue weighted by atomic mass is 10.3. The number of para-hydroxylation sites is 1. The quantitative estimate of drug-likeness (QED) is 0.705. The first-order valence-electron chi connectivity index (χ1n) is 3.94. The molecule has 0 saturated carbocycles. The first-order valence-corrected chi connectivity index (χ1v) is 4.31. The highest BCUT2D eigenvalue weighted by Crippen LogP contribution is 2.19. The van der Waals surface area contributed by atoms with Crippen molar-refractivity contribution in [1.82, 2.24) is 0 Å². The predicted octanol–water partition coefficient (Wildman–Crippen LogP) is 2.13. The first-order chi connectivity index (χ1) is 5.84. The number of rotatable bonds is 4. The van der Waals surface area contributed by atoms with Crippen LogP contribution < -0.4 is 5.32 Å². The fourth-order valence-corrected chi connectivity index (χ4v) is 1.11. The Bertz CT molecular complexity index is 240. The van der Waals surface area contributed by atoms with Gasteiger partial charge < -0.3 is 10.4 Å². The average molecular weight is 186 g/mol. The Hall–Kier alpha value is -0.730. The molecule has 0 aliphatic heterocycles. The van der Waals surface area contributed by atoms with Crippen molar-refractivity contribution in [2.75, 3.05) is 18.5 Å². The van der Waals surface area contributed by atoms with Gasteiger partial charge in [-0.2, -0.15) is 0 Å². The van der Waals surface area contributed by atoms with Gasteiger partial charge in [-0.15, -0.1) is 0 Å². The Morgan fingerprint density at radius 3 is 2.75 bits per heavy atom. The predicted molar refractivity (Wildman–Crippen MR) is 51.6 cm³/mol. The number of aliphatic hydroxyl groups is 1. The van der Waals surface area contributed by atoms with E-state index in [0.29, 0.717) is 0 Å². The molecule has 2 N–H and O–H groups in total. The van der Waals surface area contributed by atoms with Gasteiger partial charge in [0.05, 0.1) is 10.7 Å². The molecule has 0 aliphatic carbocycles. The van der Waals surface area contributed by atoms with E-state index in [1.807, 2.05) is 24.3 Å². The molecule has 3 heteroatoms. The molecule has 0 radical (unpaired) electrons. The third-order valence-corrected chi connectivity index (χ3v) is 1.85. The molecule has 0 bridgehead atoms. The summed E-state index contributed by atoms with van der Waals surface area (Å²) in [6.07, 6.45) is 0.741. The molecular formula is C9H12ClNO. The fraction of sp³-hybridized carbons (Fsp3) is 0.333. The first kappa shape index (κ1) is 9.36. The monoisotopic (exact) mass is 185 g/mol. The van der Waals surface area contributed by atoms with Crippen LogP contribution in [0, 0.1) is 0 Å². The van der Waals surface area contributed by atoms with Crippen LogP contribution in [0.4, 0.5) is 5.69 Å². The second-order valence-electron chi connectivity index (χ2n) is 2.48. The highest BCUT2D eigenvalue weighted by Gasteiger charge is 1.95. The van der Waals surface area contributed by atoms with Crippen LogP contribution in [0.15, 0.2) is 24.3 Å². The maximum absolute atomic E-state index is 8.54. The van der Waals surface area contributed by atoms with Gasteiger partial charge in [-0.3, -0.25) is 0 Å². The maximum Gasteiger partial charge on any atom is 0.0637 e. The van der Waals surface area contributed by atoms with E-state index in [0.717, 1.165) is 23.7 Å². The molecule has 1 rings (SSSR count). The van der Waals surface area contributed by atoms with Gasteiger partial charge in [0, 0.05) is 13.2 Å². The summed E-state index contributed by atoms with van der Waals surface area (Å²) in [5.41, 5.74) is 0.924. The number of halogens is 1. The van der Waals surface area contributed by atoms with Crippen LogP contribution in [0.25, 0.3) is 0 Å². The number of hydrogen-bond acceptors (Lipinski definition) is 2. The molecule has 66 valence electrons. The number of nitrogens with one attached hydrogen (secondary N) is 1. The van der Waals surface area contributed by atoms with E-state index in [1.54, 1.807) is 0 Å². The van der Waals surface area contributed by atoms with Gasteiger partial charge in [0.15, 0.2) is 0 Å². The third kappa shape index (κ3) is 2.72. The molecule has 0 spiro atoms. The SMILES string of the molecule is OCCCNc1ccccc1Cl. The van der Waals surface area contributed by atoms with E-state index >= 15 is 0 Å². The van der Waals surface area contributed by atoms with Crippen LogP contribution in [0.3, 0.4) is 0 Å². The van der Waals surface area contributed by atoms with Crippen molar-refractivity contribution in [2.45, 2.75) is 6.42 Å². The number of anilines is 1. The average Bonchev–Trinajstić information content (AvgIpc) is 2.09. The zero-order valence-corrected chi connectivity index (χ0v) is 7.51. The van der Waals surface area contributed by atoms with Crippen molar-refractivity contribution in [1.29, 1.82) is 0 Å². The summed E-state index contributed by atoms with van der Waals surface area (Å²) in [4.78, 5) is 0. The van der Waals surface area contributed by atoms with Crippen LogP contribution in [0.1, 0.15) is 6.42 Å². The van der Waals surface area contributed by atoms with Gasteiger partial charge in [0.25, 0.3) is 0 Å². The molecule has 0 atom stereocenters. The minimum atomic E-state index is 0.206. The molecule has 1 aromatic carbocycles. The van der Waals surface area contributed by atoms with Crippen LogP contribution in [-0.2, 0) is 0 Å². The van der Waals surface area contributed by atoms with Crippen LogP contribution in [0.2, 0.25) is 5.02 Å². The smallest absolute Gasteiger partial charge is 0.0637 e. The van der Waals surface area contributed by atoms with E-state index < -0.39 is 0 Å². The lowest BCUT2D eigenvalue weighted by Gasteiger charge is -2.05. The van der Waals surface area contributed by atoms with Gasteiger partial charge in [-0.1, -0.05) is 23.7 Å². The lowest BCUT2D eigenvalue weighted by molar-refractivity contribution is 0.292. The van der Waals surface area contributed by atoms with Gasteiger partial charge in [-0.25, -0.2) is 0 Å². The van der Waals surface area contributed by atoms with E-state index in [1.165, 1.54) is 0 Å². The maximum atomic E-state index is 8.54. The molecule has 0 fully saturated rings. The summed E-state index contributed by atoms with van der Waals surface area (Å²) in [6.45, 7) is 0.956. The normalized spacial score (nSPS) is 9.83. The van der Waals surface area contributed by atoms with Crippen molar-refractivity contribution in [2.24, 2.45) is 0 Å². The van der Waals surface area contributed by atoms with E-state index in [-0.39, 0.29) is 6.61 Å². The standard InChI is InChI=1S/C9H12ClNO/c10-8-4-1-2-5-9(8)11-6-3-7-12/h1-2,4-5,11-12H,3,6-7H2. The third-order valence-electron chi connectivity index (χ3n) is 1.52. The Morgan fingerprint density at radius 2 is 2.08 bits per heavy atom. The Balaban J connectivity index is 2.46. The van der Waals surface area contributed by atoms with Crippen molar-refractivity contribution in [3.63, 3.8) is 0 Å². The van der Waals surface area contributed by atoms with Gasteiger partial charge in [-0.05, 0) is 18.6 Å². The lowest BCUT2D eigenvalue weighted by Crippen LogP contribution is -2.03. The number of hydrogen-bond donors (Lipinski definition) is 2. The fourth-order valence-electron chi connectivity index (χ4n) is 0.907. The summed E-state index contributed by atoms with van der Waals surface area (Å²) in [7, 11) is 0. The molecule has 0 aromatic heterocycles. The minimum absolute atomic E-state index is 0.206. The molecule has 0 heterocycles. The van der Waals surface area contributed by atoms with Crippen molar-refractivity contribution >= 4 is 17.3 Å². The summed E-state index contributed by atoms with van der Waals surface area (Å²) in [5.74, 6) is 0. The van der Waals surface area contributed by atoms with E-state index in [2.05, 4.69) is 5.32 Å². The molecule has 0 saturated heterocycles. The molecule has 12 heavy (non-hydrogen) atoms. The summed E-state index contributed by atoms with van der Waals surface area (Å²) >= 11 is 5.88. The molecule has 2 nitrogen and oxygen atoms in total. The second kappa shape index (κ2) is 5.01. The minimum Gasteiger partial charge on any atom is -0.396 e. The zero-order chi connectivity index (χ0) is 8.81. The van der Waals surface area contributed by atoms with E-state index in [4.69, 9.17) is 16.7 Å². The molecule has 0 aliphatic rings. The van der Waals surface area contributed by atoms with Crippen molar-refractivity contribution < 1.29 is 5.11 Å². The van der Waals surface area contributed by atoms with Crippen molar-refractivity contribution in [3.8, 4) is 0 Å². The van der Waals surface area contributed by atoms with Gasteiger partial charge in [0.2, 0.25) is 0 Å². The van der Waals surface area contributed by atoms with E-state index in [9.17, 15) is 0 Å². The van der Waals surface area contributed by atoms with Gasteiger partial charge >= 0.3 is 0 Å². The second-order valence-corrected chi connectivity index (χ2v) is 2.89. The van der Waals surface area contributed by atoms with Gasteiger partial charge in [0.1, 0.15) is 0 Å². The summed E-state index contributed by atoms with van der Waals surface area (Å²) in [6, 6.07) is 7.56. The molecule has 1 aromatic rings. The highest BCUT2D eigenvalue weighted by molar-refractivity contribution is 6.33. The molecule has 0 amide bonds. The molecule has 0 unspecified atom stereocenters. The summed E-state index contributed by atoms with van der Waals surface area (Å²) in [5, 5.41) is 12.4. The van der Waals surface area contributed by atoms with Crippen molar-refractivity contribution in [3.05, 3.63) is 29.3 Å².